The first-order valence-corrected chi connectivity index (χ1v) is 8.22. The van der Waals surface area contributed by atoms with Gasteiger partial charge in [-0.1, -0.05) is 30.3 Å². The minimum Gasteiger partial charge on any atom is -0.448 e. The number of amides is 2. The zero-order valence-corrected chi connectivity index (χ0v) is 14.7. The van der Waals surface area contributed by atoms with Gasteiger partial charge in [-0.15, -0.1) is 0 Å². The normalized spacial score (nSPS) is 14.5. The van der Waals surface area contributed by atoms with E-state index in [2.05, 4.69) is 10.4 Å². The van der Waals surface area contributed by atoms with Crippen LogP contribution in [0, 0.1) is 0 Å². The van der Waals surface area contributed by atoms with E-state index in [-0.39, 0.29) is 18.0 Å². The number of nitrogens with zero attached hydrogens (tertiary/aromatic N) is 3. The van der Waals surface area contributed by atoms with Crippen molar-refractivity contribution < 1.29 is 14.3 Å². The third kappa shape index (κ3) is 3.65. The molecule has 0 saturated carbocycles. The summed E-state index contributed by atoms with van der Waals surface area (Å²) in [5.74, 6) is 0.346. The molecule has 1 saturated heterocycles. The summed E-state index contributed by atoms with van der Waals surface area (Å²) in [7, 11) is 0. The number of benzene rings is 1. The van der Waals surface area contributed by atoms with E-state index >= 15 is 0 Å². The summed E-state index contributed by atoms with van der Waals surface area (Å²) in [5, 5.41) is 7.38. The quantitative estimate of drug-likeness (QED) is 0.927. The van der Waals surface area contributed by atoms with Crippen molar-refractivity contribution in [3.8, 4) is 11.1 Å². The van der Waals surface area contributed by atoms with E-state index in [0.717, 1.165) is 11.1 Å². The lowest BCUT2D eigenvalue weighted by atomic mass is 10.1. The summed E-state index contributed by atoms with van der Waals surface area (Å²) in [6, 6.07) is 9.76. The van der Waals surface area contributed by atoms with E-state index in [4.69, 9.17) is 4.74 Å². The number of hydrogen-bond donors (Lipinski definition) is 1. The van der Waals surface area contributed by atoms with Crippen molar-refractivity contribution in [3.05, 3.63) is 36.5 Å². The van der Waals surface area contributed by atoms with Gasteiger partial charge in [0.05, 0.1) is 18.3 Å². The number of carbonyl (C=O) groups is 2. The molecular weight excluding hydrogens is 320 g/mol. The third-order valence-electron chi connectivity index (χ3n) is 3.93. The van der Waals surface area contributed by atoms with Crippen molar-refractivity contribution in [2.75, 3.05) is 25.0 Å². The minimum atomic E-state index is -0.456. The van der Waals surface area contributed by atoms with Crippen LogP contribution in [0.2, 0.25) is 0 Å². The van der Waals surface area contributed by atoms with Crippen LogP contribution in [0.5, 0.6) is 0 Å². The highest BCUT2D eigenvalue weighted by Gasteiger charge is 2.27. The molecule has 0 unspecified atom stereocenters. The fourth-order valence-electron chi connectivity index (χ4n) is 2.72. The standard InChI is InChI=1S/C18H22N4O3/c1-18(2,3)22-16(14(11-19-22)13-7-5-4-6-8-13)20-15(23)12-21-9-10-25-17(21)24/h4-8,11H,9-10,12H2,1-3H3,(H,20,23). The average molecular weight is 342 g/mol. The lowest BCUT2D eigenvalue weighted by Crippen LogP contribution is -2.35. The van der Waals surface area contributed by atoms with Crippen molar-refractivity contribution in [1.82, 2.24) is 14.7 Å². The molecule has 7 heteroatoms. The van der Waals surface area contributed by atoms with Crippen LogP contribution >= 0.6 is 0 Å². The maximum atomic E-state index is 12.5. The summed E-state index contributed by atoms with van der Waals surface area (Å²) >= 11 is 0. The summed E-state index contributed by atoms with van der Waals surface area (Å²) in [4.78, 5) is 25.4. The van der Waals surface area contributed by atoms with Crippen LogP contribution in [-0.4, -0.2) is 46.4 Å². The smallest absolute Gasteiger partial charge is 0.410 e. The molecule has 2 amide bonds. The second kappa shape index (κ2) is 6.58. The first kappa shape index (κ1) is 17.0. The van der Waals surface area contributed by atoms with Crippen molar-refractivity contribution >= 4 is 17.8 Å². The van der Waals surface area contributed by atoms with Crippen LogP contribution in [-0.2, 0) is 15.1 Å². The number of ether oxygens (including phenoxy) is 1. The Labute approximate surface area is 146 Å². The first-order chi connectivity index (χ1) is 11.9. The molecule has 0 spiro atoms. The van der Waals surface area contributed by atoms with E-state index in [1.807, 2.05) is 51.1 Å². The van der Waals surface area contributed by atoms with E-state index in [1.165, 1.54) is 4.90 Å². The molecule has 7 nitrogen and oxygen atoms in total. The fraction of sp³-hybridized carbons (Fsp3) is 0.389. The first-order valence-electron chi connectivity index (χ1n) is 8.22. The van der Waals surface area contributed by atoms with Crippen LogP contribution in [0.15, 0.2) is 36.5 Å². The SMILES string of the molecule is CC(C)(C)n1ncc(-c2ccccc2)c1NC(=O)CN1CCOC1=O. The van der Waals surface area contributed by atoms with Gasteiger partial charge in [0, 0.05) is 5.56 Å². The van der Waals surface area contributed by atoms with E-state index in [0.29, 0.717) is 19.0 Å². The topological polar surface area (TPSA) is 76.5 Å². The zero-order valence-electron chi connectivity index (χ0n) is 14.7. The largest absolute Gasteiger partial charge is 0.448 e. The maximum Gasteiger partial charge on any atom is 0.410 e. The summed E-state index contributed by atoms with van der Waals surface area (Å²) in [5.41, 5.74) is 1.50. The highest BCUT2D eigenvalue weighted by Crippen LogP contribution is 2.31. The van der Waals surface area contributed by atoms with Gasteiger partial charge in [0.2, 0.25) is 5.91 Å². The molecule has 25 heavy (non-hydrogen) atoms. The molecule has 1 aliphatic rings. The van der Waals surface area contributed by atoms with E-state index in [1.54, 1.807) is 10.9 Å². The molecule has 1 aromatic heterocycles. The predicted molar refractivity (Wildman–Crippen MR) is 94.2 cm³/mol. The third-order valence-corrected chi connectivity index (χ3v) is 3.93. The Balaban J connectivity index is 1.89. The second-order valence-electron chi connectivity index (χ2n) is 6.94. The summed E-state index contributed by atoms with van der Waals surface area (Å²) in [6.07, 6.45) is 1.29. The molecule has 3 rings (SSSR count). The van der Waals surface area contributed by atoms with Crippen LogP contribution in [0.3, 0.4) is 0 Å². The van der Waals surface area contributed by atoms with Gasteiger partial charge in [-0.3, -0.25) is 9.69 Å². The minimum absolute atomic E-state index is 0.0393. The number of anilines is 1. The van der Waals surface area contributed by atoms with Crippen LogP contribution in [0.1, 0.15) is 20.8 Å². The van der Waals surface area contributed by atoms with Crippen LogP contribution < -0.4 is 5.32 Å². The molecule has 132 valence electrons. The lowest BCUT2D eigenvalue weighted by molar-refractivity contribution is -0.116. The maximum absolute atomic E-state index is 12.5. The van der Waals surface area contributed by atoms with E-state index in [9.17, 15) is 9.59 Å². The van der Waals surface area contributed by atoms with Crippen molar-refractivity contribution in [2.24, 2.45) is 0 Å². The van der Waals surface area contributed by atoms with Gasteiger partial charge in [0.25, 0.3) is 0 Å². The summed E-state index contributed by atoms with van der Waals surface area (Å²) in [6.45, 7) is 6.76. The molecule has 1 N–H and O–H groups in total. The average Bonchev–Trinajstić information content (AvgIpc) is 3.15. The number of cyclic esters (lactones) is 1. The van der Waals surface area contributed by atoms with Gasteiger partial charge in [0.1, 0.15) is 19.0 Å². The Morgan fingerprint density at radius 1 is 1.28 bits per heavy atom. The zero-order chi connectivity index (χ0) is 18.0. The van der Waals surface area contributed by atoms with Crippen molar-refractivity contribution in [2.45, 2.75) is 26.3 Å². The molecule has 1 aromatic carbocycles. The van der Waals surface area contributed by atoms with Crippen LogP contribution in [0.4, 0.5) is 10.6 Å². The van der Waals surface area contributed by atoms with Gasteiger partial charge in [-0.05, 0) is 26.3 Å². The van der Waals surface area contributed by atoms with Crippen molar-refractivity contribution in [1.29, 1.82) is 0 Å². The highest BCUT2D eigenvalue weighted by atomic mass is 16.6. The number of hydrogen-bond acceptors (Lipinski definition) is 4. The van der Waals surface area contributed by atoms with Gasteiger partial charge < -0.3 is 10.1 Å². The Bertz CT molecular complexity index is 777. The molecule has 2 heterocycles. The Morgan fingerprint density at radius 3 is 2.60 bits per heavy atom. The molecule has 0 atom stereocenters. The lowest BCUT2D eigenvalue weighted by Gasteiger charge is -2.23. The second-order valence-corrected chi connectivity index (χ2v) is 6.94. The van der Waals surface area contributed by atoms with Crippen molar-refractivity contribution in [3.63, 3.8) is 0 Å². The van der Waals surface area contributed by atoms with Gasteiger partial charge in [-0.25, -0.2) is 9.48 Å². The summed E-state index contributed by atoms with van der Waals surface area (Å²) < 4.78 is 6.65. The monoisotopic (exact) mass is 342 g/mol. The van der Waals surface area contributed by atoms with E-state index < -0.39 is 6.09 Å². The van der Waals surface area contributed by atoms with Gasteiger partial charge in [0.15, 0.2) is 0 Å². The molecule has 1 fully saturated rings. The molecule has 1 aliphatic heterocycles. The number of nitrogens with one attached hydrogen (secondary N) is 1. The predicted octanol–water partition coefficient (Wildman–Crippen LogP) is 2.70. The highest BCUT2D eigenvalue weighted by molar-refractivity contribution is 5.96. The Morgan fingerprint density at radius 2 is 2.00 bits per heavy atom. The van der Waals surface area contributed by atoms with Gasteiger partial charge in [-0.2, -0.15) is 5.10 Å². The Kier molecular flexibility index (Phi) is 4.48. The molecule has 2 aromatic rings. The Hall–Kier alpha value is -2.83. The van der Waals surface area contributed by atoms with Gasteiger partial charge >= 0.3 is 6.09 Å². The number of rotatable bonds is 4. The number of carbonyl (C=O) groups excluding carboxylic acids is 2. The molecule has 0 radical (unpaired) electrons. The fourth-order valence-corrected chi connectivity index (χ4v) is 2.72. The number of aromatic nitrogens is 2. The molecular formula is C18H22N4O3. The molecule has 0 aliphatic carbocycles. The molecule has 0 bridgehead atoms. The van der Waals surface area contributed by atoms with Crippen LogP contribution in [0.25, 0.3) is 11.1 Å².